The van der Waals surface area contributed by atoms with Gasteiger partial charge in [0.1, 0.15) is 30.2 Å². The summed E-state index contributed by atoms with van der Waals surface area (Å²) in [5, 5.41) is 10.7. The van der Waals surface area contributed by atoms with Crippen LogP contribution in [0.5, 0.6) is 0 Å². The van der Waals surface area contributed by atoms with E-state index >= 15 is 0 Å². The highest BCUT2D eigenvalue weighted by Gasteiger charge is 2.38. The van der Waals surface area contributed by atoms with Crippen molar-refractivity contribution in [3.8, 4) is 0 Å². The van der Waals surface area contributed by atoms with Gasteiger partial charge in [0.25, 0.3) is 0 Å². The number of primary amides is 1. The van der Waals surface area contributed by atoms with Gasteiger partial charge in [0.05, 0.1) is 6.04 Å². The van der Waals surface area contributed by atoms with Crippen LogP contribution in [0, 0.1) is 5.92 Å². The topological polar surface area (TPSA) is 284 Å². The molecule has 0 aliphatic carbocycles. The first kappa shape index (κ1) is 43.0. The number of benzene rings is 1. The lowest BCUT2D eigenvalue weighted by Gasteiger charge is -2.29. The predicted octanol–water partition coefficient (Wildman–Crippen LogP) is -1.77. The molecule has 286 valence electrons. The molecule has 1 aliphatic heterocycles. The van der Waals surface area contributed by atoms with E-state index < -0.39 is 65.8 Å². The van der Waals surface area contributed by atoms with Crippen LogP contribution in [0.1, 0.15) is 77.2 Å². The lowest BCUT2D eigenvalue weighted by atomic mass is 10.0. The third-order valence-corrected chi connectivity index (χ3v) is 8.86. The van der Waals surface area contributed by atoms with Crippen LogP contribution in [-0.2, 0) is 35.2 Å². The Hall–Kier alpha value is -4.12. The van der Waals surface area contributed by atoms with E-state index in [0.29, 0.717) is 58.2 Å². The van der Waals surface area contributed by atoms with Gasteiger partial charge in [-0.15, -0.1) is 0 Å². The molecule has 6 atom stereocenters. The first-order chi connectivity index (χ1) is 24.3. The minimum atomic E-state index is -1.26. The van der Waals surface area contributed by atoms with Crippen molar-refractivity contribution >= 4 is 35.4 Å². The maximum Gasteiger partial charge on any atom is 0.244 e. The zero-order chi connectivity index (χ0) is 37.9. The summed E-state index contributed by atoms with van der Waals surface area (Å²) in [6.07, 6.45) is 4.73. The molecular weight excluding hydrogens is 656 g/mol. The predicted molar refractivity (Wildman–Crippen MR) is 194 cm³/mol. The highest BCUT2D eigenvalue weighted by Crippen LogP contribution is 2.20. The normalized spacial score (nSPS) is 17.2. The number of carbonyl (C=O) groups excluding carboxylic acids is 6. The van der Waals surface area contributed by atoms with Gasteiger partial charge in [-0.3, -0.25) is 28.8 Å². The Morgan fingerprint density at radius 2 is 1.33 bits per heavy atom. The molecule has 1 aromatic rings. The molecule has 1 heterocycles. The molecule has 0 aromatic heterocycles. The molecule has 16 nitrogen and oxygen atoms in total. The maximum atomic E-state index is 13.6. The molecule has 0 unspecified atom stereocenters. The van der Waals surface area contributed by atoms with Gasteiger partial charge in [-0.05, 0) is 75.9 Å². The van der Waals surface area contributed by atoms with E-state index in [4.69, 9.17) is 28.7 Å². The van der Waals surface area contributed by atoms with Crippen molar-refractivity contribution in [1.82, 2.24) is 26.2 Å². The molecule has 1 saturated heterocycles. The van der Waals surface area contributed by atoms with Crippen molar-refractivity contribution < 1.29 is 28.8 Å². The SMILES string of the molecule is CC(C)C[C@H](NC(=O)[C@@H]1CCCN1C(=O)[C@@H](N)CCCCN)C(=O)N[C@@H](CN)C(=O)N[C@@H](Cc1ccccc1)C(=O)N[C@@H](CCCCN)C(N)=O. The molecular formula is C35H60N10O6. The monoisotopic (exact) mass is 716 g/mol. The van der Waals surface area contributed by atoms with E-state index in [1.165, 1.54) is 4.90 Å². The van der Waals surface area contributed by atoms with Gasteiger partial charge in [0.2, 0.25) is 35.4 Å². The fourth-order valence-corrected chi connectivity index (χ4v) is 6.00. The Morgan fingerprint density at radius 3 is 1.92 bits per heavy atom. The summed E-state index contributed by atoms with van der Waals surface area (Å²) in [7, 11) is 0. The quantitative estimate of drug-likeness (QED) is 0.0575. The maximum absolute atomic E-state index is 13.6. The second-order valence-corrected chi connectivity index (χ2v) is 13.6. The molecule has 1 aliphatic rings. The second kappa shape index (κ2) is 22.6. The third kappa shape index (κ3) is 14.6. The largest absolute Gasteiger partial charge is 0.368 e. The number of nitrogens with two attached hydrogens (primary N) is 5. The highest BCUT2D eigenvalue weighted by atomic mass is 16.2. The lowest BCUT2D eigenvalue weighted by Crippen LogP contribution is -2.61. The molecule has 2 rings (SSSR count). The van der Waals surface area contributed by atoms with E-state index in [9.17, 15) is 28.8 Å². The van der Waals surface area contributed by atoms with E-state index in [0.717, 1.165) is 12.0 Å². The first-order valence-electron chi connectivity index (χ1n) is 18.0. The number of hydrogen-bond donors (Lipinski definition) is 9. The Morgan fingerprint density at radius 1 is 0.765 bits per heavy atom. The number of unbranched alkanes of at least 4 members (excludes halogenated alkanes) is 2. The van der Waals surface area contributed by atoms with Crippen LogP contribution < -0.4 is 49.9 Å². The smallest absolute Gasteiger partial charge is 0.244 e. The standard InChI is InChI=1S/C35H60N10O6/c1-22(2)19-26(43-34(50)29-15-10-18-45(29)35(51)24(39)13-6-8-16-36)31(47)44-28(21-38)33(49)42-27(20-23-11-4-3-5-12-23)32(48)41-25(30(40)46)14-7-9-17-37/h3-5,11-12,22,24-29H,6-10,13-21,36-39H2,1-2H3,(H2,40,46)(H,41,48)(H,42,49)(H,43,50)(H,44,47)/t24-,25-,26-,27-,28-,29-/m0/s1. The summed E-state index contributed by atoms with van der Waals surface area (Å²) < 4.78 is 0. The van der Waals surface area contributed by atoms with Gasteiger partial charge in [0, 0.05) is 19.5 Å². The van der Waals surface area contributed by atoms with Gasteiger partial charge in [0.15, 0.2) is 0 Å². The number of hydrogen-bond acceptors (Lipinski definition) is 10. The van der Waals surface area contributed by atoms with Crippen molar-refractivity contribution in [2.45, 2.75) is 114 Å². The minimum Gasteiger partial charge on any atom is -0.368 e. The molecule has 1 aromatic carbocycles. The Kier molecular flexibility index (Phi) is 19.1. The number of carbonyl (C=O) groups is 6. The Labute approximate surface area is 301 Å². The highest BCUT2D eigenvalue weighted by molar-refractivity contribution is 5.96. The van der Waals surface area contributed by atoms with Gasteiger partial charge in [-0.1, -0.05) is 50.6 Å². The van der Waals surface area contributed by atoms with Gasteiger partial charge in [-0.2, -0.15) is 0 Å². The molecule has 1 fully saturated rings. The van der Waals surface area contributed by atoms with E-state index in [2.05, 4.69) is 21.3 Å². The molecule has 0 saturated carbocycles. The van der Waals surface area contributed by atoms with E-state index in [1.807, 2.05) is 19.9 Å². The zero-order valence-corrected chi connectivity index (χ0v) is 30.1. The summed E-state index contributed by atoms with van der Waals surface area (Å²) in [6, 6.07) is 3.01. The van der Waals surface area contributed by atoms with Crippen molar-refractivity contribution in [3.63, 3.8) is 0 Å². The zero-order valence-electron chi connectivity index (χ0n) is 30.1. The van der Waals surface area contributed by atoms with Gasteiger partial charge < -0.3 is 54.8 Å². The number of likely N-dealkylation sites (tertiary alicyclic amines) is 1. The summed E-state index contributed by atoms with van der Waals surface area (Å²) in [4.78, 5) is 80.8. The molecule has 0 bridgehead atoms. The van der Waals surface area contributed by atoms with Crippen LogP contribution in [0.4, 0.5) is 0 Å². The number of nitrogens with one attached hydrogen (secondary N) is 4. The van der Waals surface area contributed by atoms with Crippen LogP contribution >= 0.6 is 0 Å². The fraction of sp³-hybridized carbons (Fsp3) is 0.657. The Bertz CT molecular complexity index is 1280. The summed E-state index contributed by atoms with van der Waals surface area (Å²) in [6.45, 7) is 4.75. The van der Waals surface area contributed by atoms with Crippen LogP contribution in [0.2, 0.25) is 0 Å². The Balaban J connectivity index is 2.17. The second-order valence-electron chi connectivity index (χ2n) is 13.6. The van der Waals surface area contributed by atoms with Crippen LogP contribution in [0.3, 0.4) is 0 Å². The van der Waals surface area contributed by atoms with Crippen molar-refractivity contribution in [1.29, 1.82) is 0 Å². The van der Waals surface area contributed by atoms with Crippen LogP contribution in [-0.4, -0.2) is 103 Å². The number of rotatable bonds is 23. The molecule has 0 spiro atoms. The van der Waals surface area contributed by atoms with Crippen molar-refractivity contribution in [2.24, 2.45) is 34.6 Å². The van der Waals surface area contributed by atoms with Crippen molar-refractivity contribution in [2.75, 3.05) is 26.2 Å². The number of amides is 6. The summed E-state index contributed by atoms with van der Waals surface area (Å²) in [5.41, 5.74) is 29.5. The molecule has 16 heteroatoms. The van der Waals surface area contributed by atoms with Crippen molar-refractivity contribution in [3.05, 3.63) is 35.9 Å². The first-order valence-corrected chi connectivity index (χ1v) is 18.0. The van der Waals surface area contributed by atoms with Crippen LogP contribution in [0.15, 0.2) is 30.3 Å². The molecule has 6 amide bonds. The minimum absolute atomic E-state index is 0.0227. The molecule has 51 heavy (non-hydrogen) atoms. The summed E-state index contributed by atoms with van der Waals surface area (Å²) >= 11 is 0. The number of nitrogens with zero attached hydrogens (tertiary/aromatic N) is 1. The molecule has 14 N–H and O–H groups in total. The average molecular weight is 717 g/mol. The van der Waals surface area contributed by atoms with Gasteiger partial charge in [-0.25, -0.2) is 0 Å². The molecule has 0 radical (unpaired) electrons. The fourth-order valence-electron chi connectivity index (χ4n) is 6.00. The van der Waals surface area contributed by atoms with Crippen LogP contribution in [0.25, 0.3) is 0 Å². The third-order valence-electron chi connectivity index (χ3n) is 8.86. The summed E-state index contributed by atoms with van der Waals surface area (Å²) in [5.74, 6) is -3.55. The lowest BCUT2D eigenvalue weighted by molar-refractivity contribution is -0.140. The van der Waals surface area contributed by atoms with Gasteiger partial charge >= 0.3 is 0 Å². The van der Waals surface area contributed by atoms with E-state index in [1.54, 1.807) is 24.3 Å². The average Bonchev–Trinajstić information content (AvgIpc) is 3.59. The van der Waals surface area contributed by atoms with E-state index in [-0.39, 0.29) is 37.6 Å².